The molecule has 1 heterocycles. The lowest BCUT2D eigenvalue weighted by molar-refractivity contribution is 0.252. The summed E-state index contributed by atoms with van der Waals surface area (Å²) in [6.45, 7) is 5.58. The van der Waals surface area contributed by atoms with E-state index in [9.17, 15) is 8.42 Å². The average molecular weight is 285 g/mol. The lowest BCUT2D eigenvalue weighted by Crippen LogP contribution is -2.38. The van der Waals surface area contributed by atoms with Gasteiger partial charge in [-0.1, -0.05) is 6.92 Å². The van der Waals surface area contributed by atoms with E-state index in [1.807, 2.05) is 7.05 Å². The van der Waals surface area contributed by atoms with Gasteiger partial charge in [0, 0.05) is 18.8 Å². The SMILES string of the molecule is CCS(=O)(=O)CCN(C)CC1CCCNC1.Cl. The van der Waals surface area contributed by atoms with E-state index in [-0.39, 0.29) is 18.2 Å². The standard InChI is InChI=1S/C11H24N2O2S.ClH/c1-3-16(14,15)8-7-13(2)10-11-5-4-6-12-9-11;/h11-12H,3-10H2,1-2H3;1H. The number of sulfone groups is 1. The molecule has 0 aliphatic carbocycles. The van der Waals surface area contributed by atoms with Crippen LogP contribution in [0.4, 0.5) is 0 Å². The maximum atomic E-state index is 11.4. The normalized spacial score (nSPS) is 21.2. The Morgan fingerprint density at radius 1 is 1.41 bits per heavy atom. The lowest BCUT2D eigenvalue weighted by atomic mass is 9.99. The zero-order valence-electron chi connectivity index (χ0n) is 10.8. The molecule has 6 heteroatoms. The van der Waals surface area contributed by atoms with Crippen molar-refractivity contribution in [2.24, 2.45) is 5.92 Å². The molecule has 0 radical (unpaired) electrons. The van der Waals surface area contributed by atoms with Crippen molar-refractivity contribution in [1.82, 2.24) is 10.2 Å². The third-order valence-corrected chi connectivity index (χ3v) is 4.88. The van der Waals surface area contributed by atoms with E-state index in [0.29, 0.717) is 18.2 Å². The van der Waals surface area contributed by atoms with Crippen molar-refractivity contribution >= 4 is 22.2 Å². The van der Waals surface area contributed by atoms with Gasteiger partial charge in [0.05, 0.1) is 5.75 Å². The number of hydrogen-bond acceptors (Lipinski definition) is 4. The second kappa shape index (κ2) is 8.29. The van der Waals surface area contributed by atoms with Crippen LogP contribution in [0.2, 0.25) is 0 Å². The van der Waals surface area contributed by atoms with Gasteiger partial charge in [0.25, 0.3) is 0 Å². The second-order valence-electron chi connectivity index (χ2n) is 4.71. The Hall–Kier alpha value is 0.160. The summed E-state index contributed by atoms with van der Waals surface area (Å²) in [4.78, 5) is 2.14. The molecule has 0 spiro atoms. The maximum absolute atomic E-state index is 11.4. The van der Waals surface area contributed by atoms with E-state index in [1.54, 1.807) is 6.92 Å². The summed E-state index contributed by atoms with van der Waals surface area (Å²) in [5.74, 6) is 1.23. The zero-order chi connectivity index (χ0) is 12.0. The molecule has 0 aromatic carbocycles. The predicted molar refractivity (Wildman–Crippen MR) is 74.7 cm³/mol. The van der Waals surface area contributed by atoms with Crippen LogP contribution in [0.5, 0.6) is 0 Å². The zero-order valence-corrected chi connectivity index (χ0v) is 12.4. The molecule has 1 aliphatic rings. The molecule has 104 valence electrons. The molecule has 0 saturated carbocycles. The minimum atomic E-state index is -2.81. The van der Waals surface area contributed by atoms with Crippen LogP contribution in [0.3, 0.4) is 0 Å². The van der Waals surface area contributed by atoms with Crippen LogP contribution in [0.25, 0.3) is 0 Å². The van der Waals surface area contributed by atoms with Gasteiger partial charge < -0.3 is 10.2 Å². The van der Waals surface area contributed by atoms with E-state index in [2.05, 4.69) is 10.2 Å². The molecule has 4 nitrogen and oxygen atoms in total. The first-order valence-electron chi connectivity index (χ1n) is 6.13. The summed E-state index contributed by atoms with van der Waals surface area (Å²) in [6.07, 6.45) is 2.50. The summed E-state index contributed by atoms with van der Waals surface area (Å²) >= 11 is 0. The molecule has 1 N–H and O–H groups in total. The minimum Gasteiger partial charge on any atom is -0.316 e. The summed E-state index contributed by atoms with van der Waals surface area (Å²) in [6, 6.07) is 0. The van der Waals surface area contributed by atoms with Gasteiger partial charge in [0.15, 0.2) is 9.84 Å². The van der Waals surface area contributed by atoms with E-state index in [1.165, 1.54) is 12.8 Å². The highest BCUT2D eigenvalue weighted by atomic mass is 35.5. The van der Waals surface area contributed by atoms with Gasteiger partial charge in [-0.25, -0.2) is 8.42 Å². The van der Waals surface area contributed by atoms with Crippen molar-refractivity contribution in [3.8, 4) is 0 Å². The Bertz CT molecular complexity index is 290. The lowest BCUT2D eigenvalue weighted by Gasteiger charge is -2.27. The van der Waals surface area contributed by atoms with Crippen LogP contribution in [-0.4, -0.2) is 58.1 Å². The highest BCUT2D eigenvalue weighted by molar-refractivity contribution is 7.91. The number of nitrogens with one attached hydrogen (secondary N) is 1. The fourth-order valence-corrected chi connectivity index (χ4v) is 2.93. The molecule has 1 fully saturated rings. The summed E-state index contributed by atoms with van der Waals surface area (Å²) in [5.41, 5.74) is 0. The minimum absolute atomic E-state index is 0. The smallest absolute Gasteiger partial charge is 0.151 e. The summed E-state index contributed by atoms with van der Waals surface area (Å²) in [7, 11) is -0.799. The van der Waals surface area contributed by atoms with Crippen molar-refractivity contribution in [3.05, 3.63) is 0 Å². The van der Waals surface area contributed by atoms with Crippen LogP contribution in [-0.2, 0) is 9.84 Å². The largest absolute Gasteiger partial charge is 0.316 e. The van der Waals surface area contributed by atoms with Crippen molar-refractivity contribution in [3.63, 3.8) is 0 Å². The van der Waals surface area contributed by atoms with E-state index in [0.717, 1.165) is 19.6 Å². The molecule has 0 amide bonds. The fourth-order valence-electron chi connectivity index (χ4n) is 2.05. The summed E-state index contributed by atoms with van der Waals surface area (Å²) < 4.78 is 22.7. The predicted octanol–water partition coefficient (Wildman–Crippen LogP) is 0.774. The monoisotopic (exact) mass is 284 g/mol. The van der Waals surface area contributed by atoms with Gasteiger partial charge in [-0.3, -0.25) is 0 Å². The second-order valence-corrected chi connectivity index (χ2v) is 7.18. The molecule has 17 heavy (non-hydrogen) atoms. The van der Waals surface area contributed by atoms with Gasteiger partial charge in [-0.05, 0) is 38.9 Å². The molecule has 0 aromatic rings. The van der Waals surface area contributed by atoms with Crippen LogP contribution >= 0.6 is 12.4 Å². The van der Waals surface area contributed by atoms with Crippen molar-refractivity contribution in [2.45, 2.75) is 19.8 Å². The number of piperidine rings is 1. The molecule has 0 aromatic heterocycles. The van der Waals surface area contributed by atoms with E-state index >= 15 is 0 Å². The maximum Gasteiger partial charge on any atom is 0.151 e. The first-order chi connectivity index (χ1) is 7.53. The molecular formula is C11H25ClN2O2S. The first-order valence-corrected chi connectivity index (χ1v) is 7.95. The molecule has 0 bridgehead atoms. The molecule has 1 saturated heterocycles. The Morgan fingerprint density at radius 3 is 2.65 bits per heavy atom. The topological polar surface area (TPSA) is 49.4 Å². The highest BCUT2D eigenvalue weighted by Crippen LogP contribution is 2.10. The van der Waals surface area contributed by atoms with Gasteiger partial charge >= 0.3 is 0 Å². The molecule has 1 unspecified atom stereocenters. The van der Waals surface area contributed by atoms with Crippen LogP contribution in [0.1, 0.15) is 19.8 Å². The first kappa shape index (κ1) is 17.2. The van der Waals surface area contributed by atoms with E-state index in [4.69, 9.17) is 0 Å². The molecule has 1 rings (SSSR count). The number of rotatable bonds is 6. The Kier molecular flexibility index (Phi) is 8.37. The van der Waals surface area contributed by atoms with E-state index < -0.39 is 9.84 Å². The Balaban J connectivity index is 0.00000256. The number of halogens is 1. The highest BCUT2D eigenvalue weighted by Gasteiger charge is 2.16. The Morgan fingerprint density at radius 2 is 2.12 bits per heavy atom. The van der Waals surface area contributed by atoms with Crippen LogP contribution < -0.4 is 5.32 Å². The Labute approximate surface area is 111 Å². The van der Waals surface area contributed by atoms with Gasteiger partial charge in [0.1, 0.15) is 0 Å². The molecule has 1 atom stereocenters. The average Bonchev–Trinajstić information content (AvgIpc) is 2.28. The van der Waals surface area contributed by atoms with Gasteiger partial charge in [-0.15, -0.1) is 12.4 Å². The summed E-state index contributed by atoms with van der Waals surface area (Å²) in [5, 5.41) is 3.38. The molecular weight excluding hydrogens is 260 g/mol. The van der Waals surface area contributed by atoms with Gasteiger partial charge in [-0.2, -0.15) is 0 Å². The quantitative estimate of drug-likeness (QED) is 0.783. The third kappa shape index (κ3) is 7.24. The van der Waals surface area contributed by atoms with Crippen molar-refractivity contribution in [2.75, 3.05) is 44.7 Å². The van der Waals surface area contributed by atoms with Crippen LogP contribution in [0.15, 0.2) is 0 Å². The fraction of sp³-hybridized carbons (Fsp3) is 1.00. The number of hydrogen-bond donors (Lipinski definition) is 1. The van der Waals surface area contributed by atoms with Gasteiger partial charge in [0.2, 0.25) is 0 Å². The molecule has 1 aliphatic heterocycles. The van der Waals surface area contributed by atoms with Crippen molar-refractivity contribution < 1.29 is 8.42 Å². The third-order valence-electron chi connectivity index (χ3n) is 3.19. The van der Waals surface area contributed by atoms with Crippen molar-refractivity contribution in [1.29, 1.82) is 0 Å². The number of nitrogens with zero attached hydrogens (tertiary/aromatic N) is 1. The van der Waals surface area contributed by atoms with Crippen LogP contribution in [0, 0.1) is 5.92 Å².